The molecule has 0 bridgehead atoms. The quantitative estimate of drug-likeness (QED) is 0.146. The number of hydrogen-bond acceptors (Lipinski definition) is 11. The van der Waals surface area contributed by atoms with Gasteiger partial charge in [0.15, 0.2) is 12.4 Å². The number of nitro groups is 1. The maximum Gasteiger partial charge on any atom is 0.352 e. The SMILES string of the molecule is O=C(COc1ccccc1[N+](=O)[O-])N[C@H](C(=O)NC1C(=O)N2C(C(=O)O)=C(CSC(=O)c3cccs3)CS[C@@H]12)c1ccccc1. The zero-order valence-corrected chi connectivity index (χ0v) is 25.6. The number of carbonyl (C=O) groups excluding carboxylic acids is 4. The summed E-state index contributed by atoms with van der Waals surface area (Å²) in [6.45, 7) is -0.626. The lowest BCUT2D eigenvalue weighted by atomic mass is 10.0. The van der Waals surface area contributed by atoms with Gasteiger partial charge in [-0.3, -0.25) is 34.2 Å². The third-order valence-corrected chi connectivity index (χ3v) is 10.1. The molecule has 2 aliphatic rings. The number of carbonyl (C=O) groups is 5. The first-order chi connectivity index (χ1) is 21.7. The van der Waals surface area contributed by atoms with Crippen molar-refractivity contribution in [2.24, 2.45) is 0 Å². The van der Waals surface area contributed by atoms with E-state index in [0.717, 1.165) is 16.7 Å². The van der Waals surface area contributed by atoms with E-state index in [2.05, 4.69) is 10.6 Å². The molecule has 16 heteroatoms. The number of nitro benzene ring substituents is 1. The largest absolute Gasteiger partial charge is 0.477 e. The Labute approximate surface area is 268 Å². The van der Waals surface area contributed by atoms with Crippen molar-refractivity contribution in [2.45, 2.75) is 17.5 Å². The van der Waals surface area contributed by atoms with Gasteiger partial charge in [-0.25, -0.2) is 4.79 Å². The van der Waals surface area contributed by atoms with E-state index < -0.39 is 52.7 Å². The van der Waals surface area contributed by atoms with Crippen LogP contribution in [0.2, 0.25) is 0 Å². The fourth-order valence-corrected chi connectivity index (χ4v) is 7.78. The van der Waals surface area contributed by atoms with E-state index in [1.807, 2.05) is 0 Å². The van der Waals surface area contributed by atoms with Gasteiger partial charge < -0.3 is 20.5 Å². The Balaban J connectivity index is 1.26. The second-order valence-electron chi connectivity index (χ2n) is 9.63. The molecule has 3 aromatic rings. The van der Waals surface area contributed by atoms with Gasteiger partial charge in [-0.15, -0.1) is 23.1 Å². The maximum absolute atomic E-state index is 13.5. The summed E-state index contributed by atoms with van der Waals surface area (Å²) >= 11 is 3.50. The molecule has 0 spiro atoms. The van der Waals surface area contributed by atoms with Gasteiger partial charge >= 0.3 is 11.7 Å². The van der Waals surface area contributed by atoms with Crippen LogP contribution >= 0.6 is 34.9 Å². The van der Waals surface area contributed by atoms with E-state index in [9.17, 15) is 39.2 Å². The second kappa shape index (κ2) is 14.0. The summed E-state index contributed by atoms with van der Waals surface area (Å²) in [4.78, 5) is 76.4. The van der Waals surface area contributed by atoms with Crippen LogP contribution in [-0.2, 0) is 19.2 Å². The molecule has 0 aliphatic carbocycles. The summed E-state index contributed by atoms with van der Waals surface area (Å²) in [5.41, 5.74) is 0.284. The number of para-hydroxylation sites is 2. The fourth-order valence-electron chi connectivity index (χ4n) is 4.67. The first kappa shape index (κ1) is 31.7. The third-order valence-electron chi connectivity index (χ3n) is 6.77. The number of thiophene rings is 1. The van der Waals surface area contributed by atoms with Crippen LogP contribution in [0.5, 0.6) is 5.75 Å². The van der Waals surface area contributed by atoms with E-state index in [0.29, 0.717) is 16.0 Å². The number of β-lactam (4-membered cyclic amide) rings is 1. The van der Waals surface area contributed by atoms with E-state index in [-0.39, 0.29) is 33.8 Å². The summed E-state index contributed by atoms with van der Waals surface area (Å²) in [5, 5.41) is 27.3. The minimum absolute atomic E-state index is 0.0925. The molecule has 5 rings (SSSR count). The third kappa shape index (κ3) is 7.02. The Hall–Kier alpha value is -4.67. The number of aliphatic carboxylic acids is 1. The number of ether oxygens (including phenoxy) is 1. The molecule has 2 aliphatic heterocycles. The maximum atomic E-state index is 13.5. The summed E-state index contributed by atoms with van der Waals surface area (Å²) < 4.78 is 5.35. The van der Waals surface area contributed by atoms with Crippen LogP contribution in [0.1, 0.15) is 21.3 Å². The predicted octanol–water partition coefficient (Wildman–Crippen LogP) is 3.20. The Morgan fingerprint density at radius 3 is 2.51 bits per heavy atom. The molecule has 2 aromatic carbocycles. The monoisotopic (exact) mass is 668 g/mol. The van der Waals surface area contributed by atoms with Gasteiger partial charge in [0.25, 0.3) is 11.8 Å². The minimum Gasteiger partial charge on any atom is -0.477 e. The molecular formula is C29H24N4O9S3. The van der Waals surface area contributed by atoms with Gasteiger partial charge in [0.05, 0.1) is 9.80 Å². The highest BCUT2D eigenvalue weighted by atomic mass is 32.2. The van der Waals surface area contributed by atoms with Crippen molar-refractivity contribution >= 4 is 69.4 Å². The molecule has 0 saturated carbocycles. The van der Waals surface area contributed by atoms with E-state index in [1.165, 1.54) is 47.4 Å². The summed E-state index contributed by atoms with van der Waals surface area (Å²) in [6, 6.07) is 14.9. The van der Waals surface area contributed by atoms with Crippen molar-refractivity contribution in [3.63, 3.8) is 0 Å². The van der Waals surface area contributed by atoms with Gasteiger partial charge in [-0.05, 0) is 28.6 Å². The first-order valence-electron chi connectivity index (χ1n) is 13.3. The second-order valence-corrected chi connectivity index (χ2v) is 12.6. The predicted molar refractivity (Wildman–Crippen MR) is 167 cm³/mol. The highest BCUT2D eigenvalue weighted by Gasteiger charge is 2.54. The average molecular weight is 669 g/mol. The molecule has 3 amide bonds. The van der Waals surface area contributed by atoms with Crippen LogP contribution < -0.4 is 15.4 Å². The zero-order valence-electron chi connectivity index (χ0n) is 23.1. The molecule has 3 N–H and O–H groups in total. The number of fused-ring (bicyclic) bond motifs is 1. The molecular weight excluding hydrogens is 645 g/mol. The summed E-state index contributed by atoms with van der Waals surface area (Å²) in [6.07, 6.45) is 0. The lowest BCUT2D eigenvalue weighted by Crippen LogP contribution is -2.71. The highest BCUT2D eigenvalue weighted by molar-refractivity contribution is 8.14. The number of hydrogen-bond donors (Lipinski definition) is 3. The van der Waals surface area contributed by atoms with Crippen LogP contribution in [0.15, 0.2) is 83.4 Å². The summed E-state index contributed by atoms with van der Waals surface area (Å²) in [5.74, 6) is -3.22. The molecule has 45 heavy (non-hydrogen) atoms. The lowest BCUT2D eigenvalue weighted by Gasteiger charge is -2.49. The number of benzene rings is 2. The molecule has 0 radical (unpaired) electrons. The van der Waals surface area contributed by atoms with Gasteiger partial charge in [0.1, 0.15) is 23.2 Å². The normalized spacial score (nSPS) is 17.9. The minimum atomic E-state index is -1.31. The molecule has 3 atom stereocenters. The van der Waals surface area contributed by atoms with Crippen molar-refractivity contribution in [1.82, 2.24) is 15.5 Å². The number of rotatable bonds is 12. The van der Waals surface area contributed by atoms with Crippen LogP contribution in [0.4, 0.5) is 5.69 Å². The Morgan fingerprint density at radius 1 is 1.09 bits per heavy atom. The molecule has 1 unspecified atom stereocenters. The fraction of sp³-hybridized carbons (Fsp3) is 0.207. The molecule has 1 aromatic heterocycles. The number of amides is 3. The van der Waals surface area contributed by atoms with Crippen LogP contribution in [0, 0.1) is 10.1 Å². The number of thioether (sulfide) groups is 2. The Kier molecular flexibility index (Phi) is 9.85. The zero-order chi connectivity index (χ0) is 32.1. The molecule has 232 valence electrons. The van der Waals surface area contributed by atoms with Crippen molar-refractivity contribution in [3.05, 3.63) is 104 Å². The lowest BCUT2D eigenvalue weighted by molar-refractivity contribution is -0.385. The average Bonchev–Trinajstić information content (AvgIpc) is 3.59. The van der Waals surface area contributed by atoms with Crippen molar-refractivity contribution < 1.29 is 38.7 Å². The Morgan fingerprint density at radius 2 is 1.82 bits per heavy atom. The highest BCUT2D eigenvalue weighted by Crippen LogP contribution is 2.41. The van der Waals surface area contributed by atoms with Gasteiger partial charge in [0.2, 0.25) is 11.0 Å². The molecule has 13 nitrogen and oxygen atoms in total. The molecule has 3 heterocycles. The number of carboxylic acids is 1. The van der Waals surface area contributed by atoms with Crippen LogP contribution in [0.25, 0.3) is 0 Å². The molecule has 1 fully saturated rings. The van der Waals surface area contributed by atoms with Crippen molar-refractivity contribution in [2.75, 3.05) is 18.1 Å². The van der Waals surface area contributed by atoms with E-state index in [1.54, 1.807) is 47.8 Å². The van der Waals surface area contributed by atoms with E-state index in [4.69, 9.17) is 4.74 Å². The number of nitrogens with zero attached hydrogens (tertiary/aromatic N) is 2. The topological polar surface area (TPSA) is 185 Å². The first-order valence-corrected chi connectivity index (χ1v) is 16.2. The van der Waals surface area contributed by atoms with Gasteiger partial charge in [0, 0.05) is 17.6 Å². The Bertz CT molecular complexity index is 1680. The van der Waals surface area contributed by atoms with Gasteiger partial charge in [-0.1, -0.05) is 60.3 Å². The van der Waals surface area contributed by atoms with E-state index >= 15 is 0 Å². The molecule has 1 saturated heterocycles. The van der Waals surface area contributed by atoms with Crippen LogP contribution in [-0.4, -0.2) is 73.3 Å². The van der Waals surface area contributed by atoms with Gasteiger partial charge in [-0.2, -0.15) is 0 Å². The number of nitrogens with one attached hydrogen (secondary N) is 2. The van der Waals surface area contributed by atoms with Crippen molar-refractivity contribution in [3.8, 4) is 5.75 Å². The van der Waals surface area contributed by atoms with Crippen LogP contribution in [0.3, 0.4) is 0 Å². The van der Waals surface area contributed by atoms with Crippen molar-refractivity contribution in [1.29, 1.82) is 0 Å². The standard InChI is InChI=1S/C29H24N4O9S3/c34-21(13-42-19-10-5-4-9-18(19)33(40)41)30-22(16-7-2-1-3-8-16)25(35)31-23-26(36)32-24(28(37)38)17(14-44-27(23)32)15-45-29(39)20-11-6-12-43-20/h1-12,22-23,27H,13-15H2,(H,30,34)(H,31,35)(H,37,38)/t22-,23?,27-/m0/s1. The number of carboxylic acid groups (broad SMARTS) is 1. The smallest absolute Gasteiger partial charge is 0.352 e. The summed E-state index contributed by atoms with van der Waals surface area (Å²) in [7, 11) is 0.